The van der Waals surface area contributed by atoms with Gasteiger partial charge in [-0.05, 0) is 14.1 Å². The average molecular weight is 198 g/mol. The van der Waals surface area contributed by atoms with Crippen LogP contribution in [-0.2, 0) is 0 Å². The first-order chi connectivity index (χ1) is 6.50. The second-order valence-corrected chi connectivity index (χ2v) is 4.44. The van der Waals surface area contributed by atoms with Crippen LogP contribution in [0.25, 0.3) is 0 Å². The number of hydrogen-bond donors (Lipinski definition) is 1. The van der Waals surface area contributed by atoms with Crippen LogP contribution in [0.15, 0.2) is 0 Å². The number of nitrogens with one attached hydrogen (secondary N) is 1. The number of piperazine rings is 1. The Bertz CT molecular complexity index is 202. The molecule has 1 aliphatic heterocycles. The first-order valence-electron chi connectivity index (χ1n) is 5.14. The highest BCUT2D eigenvalue weighted by Crippen LogP contribution is 2.10. The molecule has 1 aliphatic rings. The van der Waals surface area contributed by atoms with Gasteiger partial charge in [-0.3, -0.25) is 5.41 Å². The minimum atomic E-state index is 0.503. The second kappa shape index (κ2) is 4.75. The highest BCUT2D eigenvalue weighted by molar-refractivity contribution is 5.79. The van der Waals surface area contributed by atoms with Crippen molar-refractivity contribution in [3.8, 4) is 0 Å². The van der Waals surface area contributed by atoms with Gasteiger partial charge in [-0.2, -0.15) is 0 Å². The second-order valence-electron chi connectivity index (χ2n) is 4.44. The molecule has 1 N–H and O–H groups in total. The lowest BCUT2D eigenvalue weighted by molar-refractivity contribution is 0.117. The van der Waals surface area contributed by atoms with Gasteiger partial charge in [-0.15, -0.1) is 0 Å². The number of hydrogen-bond acceptors (Lipinski definition) is 3. The van der Waals surface area contributed by atoms with Crippen LogP contribution in [0.3, 0.4) is 0 Å². The summed E-state index contributed by atoms with van der Waals surface area (Å²) in [7, 11) is 8.18. The Kier molecular flexibility index (Phi) is 3.89. The first-order valence-corrected chi connectivity index (χ1v) is 5.14. The van der Waals surface area contributed by atoms with Crippen molar-refractivity contribution in [1.29, 1.82) is 5.41 Å². The Balaban J connectivity index is 2.45. The van der Waals surface area contributed by atoms with E-state index in [2.05, 4.69) is 23.9 Å². The van der Waals surface area contributed by atoms with Crippen molar-refractivity contribution < 1.29 is 0 Å². The summed E-state index contributed by atoms with van der Waals surface area (Å²) in [6.45, 7) is 3.33. The third kappa shape index (κ3) is 2.96. The lowest BCUT2D eigenvalue weighted by Crippen LogP contribution is -2.51. The summed E-state index contributed by atoms with van der Waals surface area (Å²) in [4.78, 5) is 6.59. The van der Waals surface area contributed by atoms with E-state index in [0.29, 0.717) is 6.04 Å². The van der Waals surface area contributed by atoms with E-state index in [1.54, 1.807) is 0 Å². The summed E-state index contributed by atoms with van der Waals surface area (Å²) in [5.74, 6) is 0.720. The van der Waals surface area contributed by atoms with E-state index in [0.717, 1.165) is 31.9 Å². The van der Waals surface area contributed by atoms with Crippen LogP contribution in [0.2, 0.25) is 0 Å². The molecular weight excluding hydrogens is 176 g/mol. The van der Waals surface area contributed by atoms with Gasteiger partial charge >= 0.3 is 0 Å². The quantitative estimate of drug-likeness (QED) is 0.507. The predicted molar refractivity (Wildman–Crippen MR) is 59.9 cm³/mol. The van der Waals surface area contributed by atoms with Gasteiger partial charge in [0.05, 0.1) is 5.84 Å². The van der Waals surface area contributed by atoms with Crippen LogP contribution < -0.4 is 0 Å². The first kappa shape index (κ1) is 11.5. The summed E-state index contributed by atoms with van der Waals surface area (Å²) >= 11 is 0. The number of likely N-dealkylation sites (N-methyl/N-ethyl adjacent to an activating group) is 2. The molecule has 0 aromatic carbocycles. The maximum absolute atomic E-state index is 7.82. The monoisotopic (exact) mass is 198 g/mol. The smallest absolute Gasteiger partial charge is 0.0968 e. The predicted octanol–water partition coefficient (Wildman–Crippen LogP) is 0.161. The summed E-state index contributed by atoms with van der Waals surface area (Å²) in [6.07, 6.45) is 0.855. The topological polar surface area (TPSA) is 33.6 Å². The molecule has 0 amide bonds. The number of nitrogens with zero attached hydrogens (tertiary/aromatic N) is 3. The number of amidine groups is 1. The zero-order chi connectivity index (χ0) is 10.7. The van der Waals surface area contributed by atoms with E-state index in [4.69, 9.17) is 5.41 Å². The highest BCUT2D eigenvalue weighted by atomic mass is 15.3. The Labute approximate surface area is 87.0 Å². The fourth-order valence-corrected chi connectivity index (χ4v) is 1.73. The van der Waals surface area contributed by atoms with Crippen molar-refractivity contribution in [2.75, 3.05) is 47.8 Å². The van der Waals surface area contributed by atoms with Crippen LogP contribution in [0.4, 0.5) is 0 Å². The fraction of sp³-hybridized carbons (Fsp3) is 0.900. The number of rotatable bonds is 2. The molecule has 4 heteroatoms. The van der Waals surface area contributed by atoms with E-state index >= 15 is 0 Å². The summed E-state index contributed by atoms with van der Waals surface area (Å²) in [6, 6.07) is 0.503. The maximum atomic E-state index is 7.82. The van der Waals surface area contributed by atoms with Crippen LogP contribution in [0.5, 0.6) is 0 Å². The molecule has 0 bridgehead atoms. The largest absolute Gasteiger partial charge is 0.367 e. The Morgan fingerprint density at radius 1 is 1.36 bits per heavy atom. The molecule has 14 heavy (non-hydrogen) atoms. The van der Waals surface area contributed by atoms with Gasteiger partial charge < -0.3 is 14.7 Å². The molecule has 82 valence electrons. The molecule has 0 saturated carbocycles. The molecule has 4 nitrogen and oxygen atoms in total. The van der Waals surface area contributed by atoms with Crippen molar-refractivity contribution in [2.24, 2.45) is 0 Å². The molecule has 1 unspecified atom stereocenters. The molecule has 0 spiro atoms. The zero-order valence-electron chi connectivity index (χ0n) is 9.75. The average Bonchev–Trinajstić information content (AvgIpc) is 2.11. The van der Waals surface area contributed by atoms with Crippen molar-refractivity contribution in [2.45, 2.75) is 12.5 Å². The van der Waals surface area contributed by atoms with Crippen LogP contribution >= 0.6 is 0 Å². The van der Waals surface area contributed by atoms with Gasteiger partial charge in [0, 0.05) is 46.2 Å². The molecule has 0 aliphatic carbocycles. The van der Waals surface area contributed by atoms with Crippen LogP contribution in [0.1, 0.15) is 6.42 Å². The molecule has 1 fully saturated rings. The molecule has 1 atom stereocenters. The summed E-state index contributed by atoms with van der Waals surface area (Å²) in [5, 5.41) is 7.82. The minimum Gasteiger partial charge on any atom is -0.367 e. The van der Waals surface area contributed by atoms with Crippen LogP contribution in [-0.4, -0.2) is 74.4 Å². The Hall–Kier alpha value is -0.610. The molecule has 1 heterocycles. The normalized spacial score (nSPS) is 25.0. The van der Waals surface area contributed by atoms with Gasteiger partial charge in [0.1, 0.15) is 0 Å². The lowest BCUT2D eigenvalue weighted by Gasteiger charge is -2.38. The molecule has 0 aromatic heterocycles. The van der Waals surface area contributed by atoms with Gasteiger partial charge in [0.15, 0.2) is 0 Å². The van der Waals surface area contributed by atoms with E-state index < -0.39 is 0 Å². The highest BCUT2D eigenvalue weighted by Gasteiger charge is 2.23. The summed E-state index contributed by atoms with van der Waals surface area (Å²) < 4.78 is 0. The van der Waals surface area contributed by atoms with Gasteiger partial charge in [-0.25, -0.2) is 0 Å². The van der Waals surface area contributed by atoms with E-state index in [9.17, 15) is 0 Å². The van der Waals surface area contributed by atoms with E-state index in [-0.39, 0.29) is 0 Å². The molecule has 0 aromatic rings. The molecule has 1 rings (SSSR count). The Morgan fingerprint density at radius 2 is 2.00 bits per heavy atom. The molecule has 1 saturated heterocycles. The van der Waals surface area contributed by atoms with Crippen molar-refractivity contribution in [3.05, 3.63) is 0 Å². The van der Waals surface area contributed by atoms with E-state index in [1.807, 2.05) is 19.0 Å². The van der Waals surface area contributed by atoms with Crippen LogP contribution in [0, 0.1) is 5.41 Å². The summed E-state index contributed by atoms with van der Waals surface area (Å²) in [5.41, 5.74) is 0. The standard InChI is InChI=1S/C10H22N4/c1-12(2)10(11)7-9-8-13(3)5-6-14(9)4/h9,11H,5-8H2,1-4H3. The minimum absolute atomic E-state index is 0.503. The van der Waals surface area contributed by atoms with Crippen molar-refractivity contribution >= 4 is 5.84 Å². The van der Waals surface area contributed by atoms with E-state index in [1.165, 1.54) is 0 Å². The third-order valence-corrected chi connectivity index (χ3v) is 2.95. The van der Waals surface area contributed by atoms with Gasteiger partial charge in [0.2, 0.25) is 0 Å². The van der Waals surface area contributed by atoms with Crippen molar-refractivity contribution in [3.63, 3.8) is 0 Å². The lowest BCUT2D eigenvalue weighted by atomic mass is 10.1. The van der Waals surface area contributed by atoms with Crippen molar-refractivity contribution in [1.82, 2.24) is 14.7 Å². The third-order valence-electron chi connectivity index (χ3n) is 2.95. The SMILES string of the molecule is CN1CCN(C)C(CC(=N)N(C)C)C1. The Morgan fingerprint density at radius 3 is 2.57 bits per heavy atom. The van der Waals surface area contributed by atoms with Gasteiger partial charge in [0.25, 0.3) is 0 Å². The maximum Gasteiger partial charge on any atom is 0.0968 e. The fourth-order valence-electron chi connectivity index (χ4n) is 1.73. The zero-order valence-corrected chi connectivity index (χ0v) is 9.75. The molecule has 0 radical (unpaired) electrons. The van der Waals surface area contributed by atoms with Gasteiger partial charge in [-0.1, -0.05) is 0 Å². The molecular formula is C10H22N4.